The maximum absolute atomic E-state index is 12.2. The van der Waals surface area contributed by atoms with Crippen LogP contribution in [0.2, 0.25) is 0 Å². The molecule has 10 nitrogen and oxygen atoms in total. The van der Waals surface area contributed by atoms with E-state index >= 15 is 0 Å². The molecule has 1 saturated heterocycles. The summed E-state index contributed by atoms with van der Waals surface area (Å²) in [6.07, 6.45) is -3.17. The van der Waals surface area contributed by atoms with Crippen molar-refractivity contribution in [3.63, 3.8) is 0 Å². The van der Waals surface area contributed by atoms with Crippen molar-refractivity contribution in [2.75, 3.05) is 6.61 Å². The van der Waals surface area contributed by atoms with E-state index in [-0.39, 0.29) is 5.84 Å². The Labute approximate surface area is 126 Å². The van der Waals surface area contributed by atoms with Gasteiger partial charge in [-0.1, -0.05) is 0 Å². The molecule has 2 unspecified atom stereocenters. The van der Waals surface area contributed by atoms with Crippen LogP contribution in [0.5, 0.6) is 0 Å². The summed E-state index contributed by atoms with van der Waals surface area (Å²) in [4.78, 5) is 22.0. The molecule has 0 aromatic heterocycles. The van der Waals surface area contributed by atoms with Gasteiger partial charge < -0.3 is 25.4 Å². The molecule has 0 spiro atoms. The van der Waals surface area contributed by atoms with E-state index in [1.54, 1.807) is 6.92 Å². The number of aliphatic hydroxyl groups excluding tert-OH is 3. The first-order chi connectivity index (χ1) is 10.2. The molecule has 0 bridgehead atoms. The molecule has 0 saturated carbocycles. The minimum Gasteiger partial charge on any atom is -0.394 e. The normalized spacial score (nSPS) is 47.5. The third-order valence-electron chi connectivity index (χ3n) is 4.06. The number of nitrogens with zero attached hydrogens (tertiary/aromatic N) is 3. The molecular formula is C12H19N5O5. The topological polar surface area (TPSA) is 153 Å². The highest BCUT2D eigenvalue weighted by Gasteiger charge is 2.55. The van der Waals surface area contributed by atoms with Gasteiger partial charge in [0.2, 0.25) is 0 Å². The van der Waals surface area contributed by atoms with Crippen molar-refractivity contribution in [2.45, 2.75) is 49.7 Å². The average Bonchev–Trinajstić information content (AvgIpc) is 2.90. The van der Waals surface area contributed by atoms with Crippen LogP contribution in [0.4, 0.5) is 0 Å². The van der Waals surface area contributed by atoms with E-state index in [0.29, 0.717) is 0 Å². The highest BCUT2D eigenvalue weighted by molar-refractivity contribution is 6.19. The predicted molar refractivity (Wildman–Crippen MR) is 74.7 cm³/mol. The van der Waals surface area contributed by atoms with Gasteiger partial charge in [0.05, 0.1) is 12.9 Å². The van der Waals surface area contributed by atoms with Crippen LogP contribution < -0.4 is 11.1 Å². The largest absolute Gasteiger partial charge is 0.394 e. The first-order valence-corrected chi connectivity index (χ1v) is 6.87. The van der Waals surface area contributed by atoms with Crippen molar-refractivity contribution in [3.05, 3.63) is 0 Å². The second-order valence-corrected chi connectivity index (χ2v) is 5.99. The van der Waals surface area contributed by atoms with Gasteiger partial charge in [0.25, 0.3) is 5.91 Å². The van der Waals surface area contributed by atoms with Crippen molar-refractivity contribution in [3.8, 4) is 0 Å². The molecule has 10 heteroatoms. The van der Waals surface area contributed by atoms with Crippen LogP contribution >= 0.6 is 0 Å². The second-order valence-electron chi connectivity index (χ2n) is 5.99. The SMILES string of the molecule is CC1(N)N=C2N([C@@H]3O[C@H](CO)[C@@H](O)[C@H]3O)C=NC2(C)C(=O)N1. The summed E-state index contributed by atoms with van der Waals surface area (Å²) >= 11 is 0. The first-order valence-electron chi connectivity index (χ1n) is 6.87. The molecule has 6 atom stereocenters. The fourth-order valence-electron chi connectivity index (χ4n) is 2.76. The number of ether oxygens (including phenoxy) is 1. The van der Waals surface area contributed by atoms with Crippen LogP contribution in [0.15, 0.2) is 9.98 Å². The van der Waals surface area contributed by atoms with E-state index in [1.165, 1.54) is 18.2 Å². The number of carbonyl (C=O) groups is 1. The number of hydrogen-bond donors (Lipinski definition) is 5. The standard InChI is InChI=1S/C12H19N5O5/c1-11-9(15-12(2,13)16-10(11)21)17(4-14-11)8-7(20)6(19)5(3-18)22-8/h4-8,18-20H,3,13H2,1-2H3,(H,16,21)/t5-,6-,7-,8-,11?,12?/m1/s1. The van der Waals surface area contributed by atoms with Crippen LogP contribution in [0, 0.1) is 0 Å². The Hall–Kier alpha value is -1.59. The van der Waals surface area contributed by atoms with Gasteiger partial charge in [-0.05, 0) is 13.8 Å². The quantitative estimate of drug-likeness (QED) is 0.358. The predicted octanol–water partition coefficient (Wildman–Crippen LogP) is -3.31. The van der Waals surface area contributed by atoms with Crippen LogP contribution in [-0.2, 0) is 9.53 Å². The zero-order valence-electron chi connectivity index (χ0n) is 12.2. The van der Waals surface area contributed by atoms with E-state index < -0.39 is 48.4 Å². The molecule has 22 heavy (non-hydrogen) atoms. The van der Waals surface area contributed by atoms with E-state index in [0.717, 1.165) is 0 Å². The van der Waals surface area contributed by atoms with Crippen LogP contribution in [-0.4, -0.2) is 80.8 Å². The van der Waals surface area contributed by atoms with Crippen LogP contribution in [0.25, 0.3) is 0 Å². The zero-order chi connectivity index (χ0) is 16.3. The Kier molecular flexibility index (Phi) is 3.27. The summed E-state index contributed by atoms with van der Waals surface area (Å²) in [5.74, 6) is -1.51. The first kappa shape index (κ1) is 15.3. The van der Waals surface area contributed by atoms with Crippen molar-refractivity contribution < 1.29 is 24.9 Å². The number of fused-ring (bicyclic) bond motifs is 1. The molecule has 0 radical (unpaired) electrons. The third kappa shape index (κ3) is 2.03. The third-order valence-corrected chi connectivity index (χ3v) is 4.06. The highest BCUT2D eigenvalue weighted by atomic mass is 16.6. The summed E-state index contributed by atoms with van der Waals surface area (Å²) in [6.45, 7) is 2.64. The minimum atomic E-state index is -1.31. The summed E-state index contributed by atoms with van der Waals surface area (Å²) in [5, 5.41) is 31.7. The molecule has 0 aliphatic carbocycles. The van der Waals surface area contributed by atoms with Gasteiger partial charge in [-0.15, -0.1) is 0 Å². The number of aliphatic hydroxyl groups is 3. The maximum Gasteiger partial charge on any atom is 0.258 e. The summed E-state index contributed by atoms with van der Waals surface area (Å²) in [7, 11) is 0. The summed E-state index contributed by atoms with van der Waals surface area (Å²) < 4.78 is 5.45. The lowest BCUT2D eigenvalue weighted by Crippen LogP contribution is -2.66. The van der Waals surface area contributed by atoms with Crippen molar-refractivity contribution >= 4 is 18.1 Å². The van der Waals surface area contributed by atoms with E-state index in [2.05, 4.69) is 15.3 Å². The Bertz CT molecular complexity index is 564. The summed E-state index contributed by atoms with van der Waals surface area (Å²) in [5.41, 5.74) is 4.59. The zero-order valence-corrected chi connectivity index (χ0v) is 12.2. The Balaban J connectivity index is 1.95. The van der Waals surface area contributed by atoms with Gasteiger partial charge in [-0.2, -0.15) is 0 Å². The number of rotatable bonds is 2. The molecule has 1 amide bonds. The van der Waals surface area contributed by atoms with E-state index in [9.17, 15) is 15.0 Å². The van der Waals surface area contributed by atoms with Gasteiger partial charge in [0.15, 0.2) is 17.6 Å². The molecule has 3 heterocycles. The smallest absolute Gasteiger partial charge is 0.258 e. The minimum absolute atomic E-state index is 0.219. The lowest BCUT2D eigenvalue weighted by atomic mass is 9.97. The number of nitrogens with two attached hydrogens (primary N) is 1. The molecule has 6 N–H and O–H groups in total. The number of aliphatic imine (C=N–C) groups is 2. The Morgan fingerprint density at radius 1 is 1.45 bits per heavy atom. The number of amidine groups is 1. The van der Waals surface area contributed by atoms with Gasteiger partial charge in [0, 0.05) is 0 Å². The van der Waals surface area contributed by atoms with E-state index in [1.807, 2.05) is 0 Å². The number of hydrogen-bond acceptors (Lipinski definition) is 9. The molecule has 122 valence electrons. The lowest BCUT2D eigenvalue weighted by molar-refractivity contribution is -0.126. The molecular weight excluding hydrogens is 294 g/mol. The molecule has 3 aliphatic heterocycles. The monoisotopic (exact) mass is 313 g/mol. The van der Waals surface area contributed by atoms with Gasteiger partial charge in [0.1, 0.15) is 24.1 Å². The average molecular weight is 313 g/mol. The number of amides is 1. The molecule has 3 aliphatic rings. The van der Waals surface area contributed by atoms with Crippen molar-refractivity contribution in [1.82, 2.24) is 10.2 Å². The maximum atomic E-state index is 12.2. The van der Waals surface area contributed by atoms with Crippen LogP contribution in [0.3, 0.4) is 0 Å². The van der Waals surface area contributed by atoms with Gasteiger partial charge in [-0.3, -0.25) is 20.4 Å². The van der Waals surface area contributed by atoms with E-state index in [4.69, 9.17) is 15.6 Å². The molecule has 0 aromatic rings. The van der Waals surface area contributed by atoms with Crippen molar-refractivity contribution in [2.24, 2.45) is 15.7 Å². The number of carbonyl (C=O) groups excluding carboxylic acids is 1. The van der Waals surface area contributed by atoms with Crippen molar-refractivity contribution in [1.29, 1.82) is 0 Å². The number of nitrogens with one attached hydrogen (secondary N) is 1. The van der Waals surface area contributed by atoms with Gasteiger partial charge >= 0.3 is 0 Å². The molecule has 1 fully saturated rings. The summed E-state index contributed by atoms with van der Waals surface area (Å²) in [6, 6.07) is 0. The second kappa shape index (κ2) is 4.70. The molecule has 3 rings (SSSR count). The fraction of sp³-hybridized carbons (Fsp3) is 0.750. The Morgan fingerprint density at radius 2 is 2.14 bits per heavy atom. The van der Waals surface area contributed by atoms with Gasteiger partial charge in [-0.25, -0.2) is 4.99 Å². The lowest BCUT2D eigenvalue weighted by Gasteiger charge is -2.37. The van der Waals surface area contributed by atoms with Crippen LogP contribution in [0.1, 0.15) is 13.8 Å². The highest BCUT2D eigenvalue weighted by Crippen LogP contribution is 2.32. The Morgan fingerprint density at radius 3 is 2.73 bits per heavy atom. The molecule has 0 aromatic carbocycles. The fourth-order valence-corrected chi connectivity index (χ4v) is 2.76.